The van der Waals surface area contributed by atoms with E-state index in [4.69, 9.17) is 5.26 Å². The molecule has 0 aliphatic carbocycles. The van der Waals surface area contributed by atoms with Crippen LogP contribution in [0.3, 0.4) is 0 Å². The first-order chi connectivity index (χ1) is 9.03. The number of rotatable bonds is 7. The minimum absolute atomic E-state index is 0.295. The summed E-state index contributed by atoms with van der Waals surface area (Å²) in [6.45, 7) is 2.36. The summed E-state index contributed by atoms with van der Waals surface area (Å²) in [6, 6.07) is 5.17. The van der Waals surface area contributed by atoms with E-state index in [2.05, 4.69) is 11.6 Å². The molecule has 0 heterocycles. The maximum absolute atomic E-state index is 13.4. The second kappa shape index (κ2) is 7.22. The summed E-state index contributed by atoms with van der Waals surface area (Å²) in [4.78, 5) is -0.300. The molecular formula is C13H17FN2O2S. The summed E-state index contributed by atoms with van der Waals surface area (Å²) in [5, 5.41) is 8.82. The van der Waals surface area contributed by atoms with Gasteiger partial charge in [-0.1, -0.05) is 32.3 Å². The molecule has 0 saturated carbocycles. The zero-order chi connectivity index (χ0) is 14.3. The average molecular weight is 284 g/mol. The van der Waals surface area contributed by atoms with Gasteiger partial charge in [0, 0.05) is 6.54 Å². The van der Waals surface area contributed by atoms with Crippen molar-refractivity contribution in [2.45, 2.75) is 37.5 Å². The monoisotopic (exact) mass is 284 g/mol. The zero-order valence-electron chi connectivity index (χ0n) is 10.8. The fourth-order valence-electron chi connectivity index (χ4n) is 1.67. The van der Waals surface area contributed by atoms with Crippen LogP contribution in [0, 0.1) is 17.1 Å². The summed E-state index contributed by atoms with van der Waals surface area (Å²) in [7, 11) is -3.83. The SMILES string of the molecule is CCCCCCNS(=O)(=O)c1cccc(F)c1C#N. The maximum Gasteiger partial charge on any atom is 0.241 e. The number of nitriles is 1. The topological polar surface area (TPSA) is 70.0 Å². The van der Waals surface area contributed by atoms with Crippen molar-refractivity contribution >= 4 is 10.0 Å². The number of benzene rings is 1. The quantitative estimate of drug-likeness (QED) is 0.782. The van der Waals surface area contributed by atoms with E-state index in [1.165, 1.54) is 12.1 Å². The lowest BCUT2D eigenvalue weighted by Gasteiger charge is -2.08. The van der Waals surface area contributed by atoms with Crippen LogP contribution in [-0.4, -0.2) is 15.0 Å². The van der Waals surface area contributed by atoms with Gasteiger partial charge in [0.05, 0.1) is 0 Å². The van der Waals surface area contributed by atoms with Gasteiger partial charge in [0.15, 0.2) is 0 Å². The van der Waals surface area contributed by atoms with Crippen molar-refractivity contribution in [3.8, 4) is 6.07 Å². The molecule has 1 N–H and O–H groups in total. The van der Waals surface area contributed by atoms with Crippen LogP contribution >= 0.6 is 0 Å². The van der Waals surface area contributed by atoms with E-state index in [0.29, 0.717) is 6.54 Å². The molecule has 0 atom stereocenters. The van der Waals surface area contributed by atoms with E-state index < -0.39 is 21.4 Å². The largest absolute Gasteiger partial charge is 0.241 e. The molecule has 104 valence electrons. The van der Waals surface area contributed by atoms with E-state index in [-0.39, 0.29) is 4.90 Å². The molecule has 0 aromatic heterocycles. The number of hydrogen-bond acceptors (Lipinski definition) is 3. The van der Waals surface area contributed by atoms with Crippen LogP contribution in [0.15, 0.2) is 23.1 Å². The lowest BCUT2D eigenvalue weighted by molar-refractivity contribution is 0.569. The van der Waals surface area contributed by atoms with Gasteiger partial charge in [-0.2, -0.15) is 5.26 Å². The Morgan fingerprint density at radius 1 is 1.32 bits per heavy atom. The summed E-state index contributed by atoms with van der Waals surface area (Å²) >= 11 is 0. The summed E-state index contributed by atoms with van der Waals surface area (Å²) in [6.07, 6.45) is 3.78. The third kappa shape index (κ3) is 4.30. The van der Waals surface area contributed by atoms with Crippen molar-refractivity contribution in [3.05, 3.63) is 29.6 Å². The van der Waals surface area contributed by atoms with Gasteiger partial charge < -0.3 is 0 Å². The van der Waals surface area contributed by atoms with Crippen molar-refractivity contribution in [2.75, 3.05) is 6.54 Å². The first-order valence-corrected chi connectivity index (χ1v) is 7.69. The van der Waals surface area contributed by atoms with Crippen LogP contribution < -0.4 is 4.72 Å². The third-order valence-electron chi connectivity index (χ3n) is 2.70. The maximum atomic E-state index is 13.4. The molecule has 0 radical (unpaired) electrons. The molecule has 0 aliphatic rings. The number of nitrogens with zero attached hydrogens (tertiary/aromatic N) is 1. The first kappa shape index (κ1) is 15.6. The summed E-state index contributed by atoms with van der Waals surface area (Å²) < 4.78 is 39.7. The standard InChI is InChI=1S/C13H17FN2O2S/c1-2-3-4-5-9-16-19(17,18)13-8-6-7-12(14)11(13)10-15/h6-8,16H,2-5,9H2,1H3. The van der Waals surface area contributed by atoms with Gasteiger partial charge in [-0.05, 0) is 18.6 Å². The van der Waals surface area contributed by atoms with Crippen LogP contribution in [0.5, 0.6) is 0 Å². The van der Waals surface area contributed by atoms with Gasteiger partial charge in [0.1, 0.15) is 22.3 Å². The van der Waals surface area contributed by atoms with Gasteiger partial charge in [-0.15, -0.1) is 0 Å². The molecule has 6 heteroatoms. The molecule has 0 aliphatic heterocycles. The third-order valence-corrected chi connectivity index (χ3v) is 4.20. The molecule has 19 heavy (non-hydrogen) atoms. The number of nitrogens with one attached hydrogen (secondary N) is 1. The van der Waals surface area contributed by atoms with Crippen LogP contribution in [0.4, 0.5) is 4.39 Å². The molecule has 1 aromatic carbocycles. The van der Waals surface area contributed by atoms with Gasteiger partial charge in [0.25, 0.3) is 0 Å². The van der Waals surface area contributed by atoms with Gasteiger partial charge in [0.2, 0.25) is 10.0 Å². The molecule has 4 nitrogen and oxygen atoms in total. The Hall–Kier alpha value is -1.45. The molecule has 0 spiro atoms. The highest BCUT2D eigenvalue weighted by Crippen LogP contribution is 2.17. The number of hydrogen-bond donors (Lipinski definition) is 1. The highest BCUT2D eigenvalue weighted by Gasteiger charge is 2.20. The lowest BCUT2D eigenvalue weighted by atomic mass is 10.2. The second-order valence-electron chi connectivity index (χ2n) is 4.18. The number of unbranched alkanes of at least 4 members (excludes halogenated alkanes) is 3. The summed E-state index contributed by atoms with van der Waals surface area (Å²) in [5.41, 5.74) is -0.441. The molecule has 0 saturated heterocycles. The predicted molar refractivity (Wildman–Crippen MR) is 70.4 cm³/mol. The predicted octanol–water partition coefficient (Wildman–Crippen LogP) is 2.56. The molecule has 0 amide bonds. The highest BCUT2D eigenvalue weighted by atomic mass is 32.2. The molecule has 0 unspecified atom stereocenters. The minimum atomic E-state index is -3.83. The summed E-state index contributed by atoms with van der Waals surface area (Å²) in [5.74, 6) is -0.823. The van der Waals surface area contributed by atoms with Gasteiger partial charge >= 0.3 is 0 Å². The zero-order valence-corrected chi connectivity index (χ0v) is 11.6. The first-order valence-electron chi connectivity index (χ1n) is 6.21. The number of sulfonamides is 1. The van der Waals surface area contributed by atoms with Gasteiger partial charge in [-0.3, -0.25) is 0 Å². The van der Waals surface area contributed by atoms with Crippen LogP contribution in [-0.2, 0) is 10.0 Å². The van der Waals surface area contributed by atoms with Crippen molar-refractivity contribution in [1.29, 1.82) is 5.26 Å². The Kier molecular flexibility index (Phi) is 5.93. The average Bonchev–Trinajstić information content (AvgIpc) is 2.38. The molecule has 0 fully saturated rings. The van der Waals surface area contributed by atoms with Crippen LogP contribution in [0.2, 0.25) is 0 Å². The van der Waals surface area contributed by atoms with E-state index in [1.54, 1.807) is 6.07 Å². The fourth-order valence-corrected chi connectivity index (χ4v) is 2.91. The Morgan fingerprint density at radius 3 is 2.68 bits per heavy atom. The highest BCUT2D eigenvalue weighted by molar-refractivity contribution is 7.89. The van der Waals surface area contributed by atoms with Crippen molar-refractivity contribution in [1.82, 2.24) is 4.72 Å². The van der Waals surface area contributed by atoms with Crippen molar-refractivity contribution < 1.29 is 12.8 Å². The van der Waals surface area contributed by atoms with E-state index in [0.717, 1.165) is 31.7 Å². The number of halogens is 1. The Balaban J connectivity index is 2.79. The molecule has 1 rings (SSSR count). The molecule has 0 bridgehead atoms. The Labute approximate surface area is 113 Å². The Morgan fingerprint density at radius 2 is 2.05 bits per heavy atom. The van der Waals surface area contributed by atoms with Crippen LogP contribution in [0.1, 0.15) is 38.2 Å². The Bertz CT molecular complexity index is 564. The van der Waals surface area contributed by atoms with Crippen LogP contribution in [0.25, 0.3) is 0 Å². The fraction of sp³-hybridized carbons (Fsp3) is 0.462. The second-order valence-corrected chi connectivity index (χ2v) is 5.92. The minimum Gasteiger partial charge on any atom is -0.211 e. The van der Waals surface area contributed by atoms with Crippen molar-refractivity contribution in [3.63, 3.8) is 0 Å². The van der Waals surface area contributed by atoms with E-state index >= 15 is 0 Å². The molecule has 1 aromatic rings. The van der Waals surface area contributed by atoms with E-state index in [9.17, 15) is 12.8 Å². The smallest absolute Gasteiger partial charge is 0.211 e. The lowest BCUT2D eigenvalue weighted by Crippen LogP contribution is -2.25. The molecular weight excluding hydrogens is 267 g/mol. The normalized spacial score (nSPS) is 11.2. The van der Waals surface area contributed by atoms with E-state index in [1.807, 2.05) is 0 Å². The van der Waals surface area contributed by atoms with Crippen molar-refractivity contribution in [2.24, 2.45) is 0 Å². The van der Waals surface area contributed by atoms with Gasteiger partial charge in [-0.25, -0.2) is 17.5 Å².